The molecule has 0 aliphatic carbocycles. The number of aromatic amines is 1. The largest absolute Gasteiger partial charge is 0.399 e. The molecule has 1 atom stereocenters. The number of aromatic nitrogens is 1. The summed E-state index contributed by atoms with van der Waals surface area (Å²) in [5.41, 5.74) is 17.3. The number of guanidine groups is 1. The molecule has 0 saturated heterocycles. The minimum absolute atomic E-state index is 0.207. The van der Waals surface area contributed by atoms with Gasteiger partial charge in [-0.25, -0.2) is 4.99 Å². The van der Waals surface area contributed by atoms with Crippen LogP contribution in [0.5, 0.6) is 0 Å². The molecule has 1 heterocycles. The highest BCUT2D eigenvalue weighted by atomic mass is 79.9. The zero-order valence-electron chi connectivity index (χ0n) is 30.2. The van der Waals surface area contributed by atoms with Crippen molar-refractivity contribution in [1.82, 2.24) is 20.9 Å². The van der Waals surface area contributed by atoms with Crippen LogP contribution >= 0.6 is 15.9 Å². The van der Waals surface area contributed by atoms with Crippen molar-refractivity contribution >= 4 is 78.3 Å². The molecule has 12 heteroatoms. The van der Waals surface area contributed by atoms with Crippen LogP contribution in [-0.2, 0) is 11.2 Å². The summed E-state index contributed by atoms with van der Waals surface area (Å²) in [6.45, 7) is 0.538. The van der Waals surface area contributed by atoms with Gasteiger partial charge in [0.05, 0.1) is 5.69 Å². The molecule has 0 aliphatic heterocycles. The molecule has 0 fully saturated rings. The molecule has 56 heavy (non-hydrogen) atoms. The van der Waals surface area contributed by atoms with Crippen LogP contribution in [0.3, 0.4) is 0 Å². The smallest absolute Gasteiger partial charge is 0.252 e. The number of carbonyl (C=O) groups is 3. The summed E-state index contributed by atoms with van der Waals surface area (Å²) < 4.78 is 0.650. The fourth-order valence-corrected chi connectivity index (χ4v) is 6.95. The standard InChI is InChI=1S/C44H39BrN8O3/c45-29-15-21-35(40-34-12-5-4-8-27(34)14-20-36(40)41(47)54)37(25-29)42(55)53-39(24-28-26-50-38-13-7-6-11-33(28)38)43(56)48-22-23-49-44(51-31-9-2-1-3-10-31)52-32-18-16-30(46)17-19-32/h1-21,25-26,39,50H,22-24,46H2,(H2,47,54)(H,48,56)(H,53,55)(H2,49,51,52). The van der Waals surface area contributed by atoms with E-state index in [1.807, 2.05) is 103 Å². The third kappa shape index (κ3) is 8.72. The van der Waals surface area contributed by atoms with Crippen LogP contribution in [0.1, 0.15) is 26.3 Å². The van der Waals surface area contributed by atoms with Crippen LogP contribution in [0.4, 0.5) is 17.1 Å². The lowest BCUT2D eigenvalue weighted by molar-refractivity contribution is -0.122. The molecule has 9 N–H and O–H groups in total. The zero-order chi connectivity index (χ0) is 39.0. The number of anilines is 2. The molecule has 0 saturated carbocycles. The number of carbonyl (C=O) groups excluding carboxylic acids is 3. The predicted octanol–water partition coefficient (Wildman–Crippen LogP) is 7.28. The number of nitrogen functional groups attached to an aromatic ring is 1. The maximum absolute atomic E-state index is 14.4. The zero-order valence-corrected chi connectivity index (χ0v) is 31.8. The van der Waals surface area contributed by atoms with Crippen molar-refractivity contribution in [2.24, 2.45) is 10.7 Å². The number of para-hydroxylation sites is 2. The number of nitrogens with two attached hydrogens (primary N) is 2. The number of hydrogen-bond donors (Lipinski definition) is 7. The number of halogens is 1. The van der Waals surface area contributed by atoms with Gasteiger partial charge in [-0.15, -0.1) is 0 Å². The summed E-state index contributed by atoms with van der Waals surface area (Å²) in [4.78, 5) is 49.2. The van der Waals surface area contributed by atoms with Gasteiger partial charge in [0.1, 0.15) is 6.04 Å². The van der Waals surface area contributed by atoms with Gasteiger partial charge in [0.2, 0.25) is 17.8 Å². The maximum Gasteiger partial charge on any atom is 0.252 e. The lowest BCUT2D eigenvalue weighted by Gasteiger charge is -2.21. The number of benzene rings is 6. The van der Waals surface area contributed by atoms with Crippen molar-refractivity contribution in [3.63, 3.8) is 0 Å². The second-order valence-electron chi connectivity index (χ2n) is 13.1. The van der Waals surface area contributed by atoms with E-state index in [2.05, 4.69) is 42.2 Å². The van der Waals surface area contributed by atoms with Gasteiger partial charge < -0.3 is 37.7 Å². The lowest BCUT2D eigenvalue weighted by Crippen LogP contribution is -2.49. The summed E-state index contributed by atoms with van der Waals surface area (Å²) >= 11 is 3.52. The Morgan fingerprint density at radius 2 is 1.46 bits per heavy atom. The number of amides is 3. The van der Waals surface area contributed by atoms with Crippen LogP contribution in [0.15, 0.2) is 149 Å². The average molecular weight is 808 g/mol. The van der Waals surface area contributed by atoms with Gasteiger partial charge in [-0.2, -0.15) is 0 Å². The molecule has 280 valence electrons. The molecule has 7 aromatic rings. The highest BCUT2D eigenvalue weighted by Crippen LogP contribution is 2.36. The van der Waals surface area contributed by atoms with Crippen LogP contribution in [-0.4, -0.2) is 47.8 Å². The van der Waals surface area contributed by atoms with E-state index in [0.717, 1.165) is 38.6 Å². The number of rotatable bonds is 12. The Kier molecular flexibility index (Phi) is 11.4. The Morgan fingerprint density at radius 1 is 0.750 bits per heavy atom. The quantitative estimate of drug-likeness (QED) is 0.0295. The second-order valence-corrected chi connectivity index (χ2v) is 14.0. The van der Waals surface area contributed by atoms with E-state index in [0.29, 0.717) is 33.8 Å². The van der Waals surface area contributed by atoms with Crippen molar-refractivity contribution in [3.05, 3.63) is 161 Å². The number of primary amides is 1. The predicted molar refractivity (Wildman–Crippen MR) is 228 cm³/mol. The normalized spacial score (nSPS) is 11.9. The van der Waals surface area contributed by atoms with E-state index in [9.17, 15) is 14.4 Å². The Labute approximate surface area is 331 Å². The first-order valence-corrected chi connectivity index (χ1v) is 18.8. The van der Waals surface area contributed by atoms with E-state index in [-0.39, 0.29) is 30.0 Å². The molecule has 6 aromatic carbocycles. The van der Waals surface area contributed by atoms with Crippen molar-refractivity contribution < 1.29 is 14.4 Å². The molecular formula is C44H39BrN8O3. The van der Waals surface area contributed by atoms with Crippen molar-refractivity contribution in [3.8, 4) is 11.1 Å². The molecule has 3 amide bonds. The molecule has 7 rings (SSSR count). The Bertz CT molecular complexity index is 2570. The topological polar surface area (TPSA) is 180 Å². The van der Waals surface area contributed by atoms with E-state index in [1.165, 1.54) is 0 Å². The third-order valence-corrected chi connectivity index (χ3v) is 9.79. The monoisotopic (exact) mass is 806 g/mol. The molecule has 1 aromatic heterocycles. The highest BCUT2D eigenvalue weighted by Gasteiger charge is 2.26. The molecule has 0 radical (unpaired) electrons. The second kappa shape index (κ2) is 17.0. The first-order chi connectivity index (χ1) is 27.2. The van der Waals surface area contributed by atoms with Gasteiger partial charge in [-0.3, -0.25) is 14.4 Å². The Balaban J connectivity index is 1.14. The Morgan fingerprint density at radius 3 is 2.25 bits per heavy atom. The fourth-order valence-electron chi connectivity index (χ4n) is 6.59. The fraction of sp³-hybridized carbons (Fsp3) is 0.0909. The number of nitrogens with one attached hydrogen (secondary N) is 5. The van der Waals surface area contributed by atoms with E-state index in [1.54, 1.807) is 36.4 Å². The van der Waals surface area contributed by atoms with E-state index < -0.39 is 17.9 Å². The lowest BCUT2D eigenvalue weighted by atomic mass is 9.89. The third-order valence-electron chi connectivity index (χ3n) is 9.30. The first kappa shape index (κ1) is 37.4. The van der Waals surface area contributed by atoms with Gasteiger partial charge >= 0.3 is 0 Å². The minimum atomic E-state index is -0.970. The van der Waals surface area contributed by atoms with Crippen LogP contribution in [0.2, 0.25) is 0 Å². The van der Waals surface area contributed by atoms with Gasteiger partial charge in [-0.1, -0.05) is 88.7 Å². The van der Waals surface area contributed by atoms with Crippen LogP contribution in [0.25, 0.3) is 32.8 Å². The van der Waals surface area contributed by atoms with E-state index >= 15 is 0 Å². The van der Waals surface area contributed by atoms with E-state index in [4.69, 9.17) is 16.5 Å². The SMILES string of the molecule is NC(=O)c1ccc2ccccc2c1-c1ccc(Br)cc1C(=O)NC(Cc1c[nH]c2ccccc12)C(=O)NCCNC(=Nc1ccccc1)Nc1ccc(N)cc1. The van der Waals surface area contributed by atoms with Crippen molar-refractivity contribution in [1.29, 1.82) is 0 Å². The summed E-state index contributed by atoms with van der Waals surface area (Å²) in [5.74, 6) is -1.01. The number of fused-ring (bicyclic) bond motifs is 2. The summed E-state index contributed by atoms with van der Waals surface area (Å²) in [7, 11) is 0. The summed E-state index contributed by atoms with van der Waals surface area (Å²) in [5, 5.41) is 15.2. The molecule has 0 spiro atoms. The number of hydrogen-bond acceptors (Lipinski definition) is 5. The Hall–Kier alpha value is -6.92. The summed E-state index contributed by atoms with van der Waals surface area (Å²) in [6.07, 6.45) is 2.06. The van der Waals surface area contributed by atoms with Crippen LogP contribution < -0.4 is 32.7 Å². The van der Waals surface area contributed by atoms with Gasteiger partial charge in [0.25, 0.3) is 5.91 Å². The molecule has 0 aliphatic rings. The molecule has 11 nitrogen and oxygen atoms in total. The van der Waals surface area contributed by atoms with Gasteiger partial charge in [0.15, 0.2) is 0 Å². The average Bonchev–Trinajstić information content (AvgIpc) is 3.62. The van der Waals surface area contributed by atoms with Gasteiger partial charge in [0, 0.05) is 69.1 Å². The molecule has 0 bridgehead atoms. The molecule has 1 unspecified atom stereocenters. The minimum Gasteiger partial charge on any atom is -0.399 e. The first-order valence-electron chi connectivity index (χ1n) is 18.0. The number of aliphatic imine (C=N–C) groups is 1. The highest BCUT2D eigenvalue weighted by molar-refractivity contribution is 9.10. The number of nitrogens with zero attached hydrogens (tertiary/aromatic N) is 1. The maximum atomic E-state index is 14.4. The van der Waals surface area contributed by atoms with Crippen molar-refractivity contribution in [2.75, 3.05) is 24.1 Å². The summed E-state index contributed by atoms with van der Waals surface area (Å²) in [6, 6.07) is 40.0. The van der Waals surface area contributed by atoms with Crippen LogP contribution in [0, 0.1) is 0 Å². The van der Waals surface area contributed by atoms with Crippen molar-refractivity contribution in [2.45, 2.75) is 12.5 Å². The molecular weight excluding hydrogens is 768 g/mol. The van der Waals surface area contributed by atoms with Gasteiger partial charge in [-0.05, 0) is 82.6 Å². The number of H-pyrrole nitrogens is 1.